The van der Waals surface area contributed by atoms with E-state index in [1.54, 1.807) is 12.1 Å². The van der Waals surface area contributed by atoms with Crippen LogP contribution in [0.15, 0.2) is 84.9 Å². The quantitative estimate of drug-likeness (QED) is 0.273. The summed E-state index contributed by atoms with van der Waals surface area (Å²) in [5.74, 6) is -0.490. The first-order chi connectivity index (χ1) is 16.1. The Morgan fingerprint density at radius 3 is 2.48 bits per heavy atom. The van der Waals surface area contributed by atoms with Crippen molar-refractivity contribution in [2.75, 3.05) is 6.61 Å². The summed E-state index contributed by atoms with van der Waals surface area (Å²) in [6, 6.07) is 25.9. The molecule has 5 heteroatoms. The fourth-order valence-corrected chi connectivity index (χ4v) is 4.37. The van der Waals surface area contributed by atoms with Crippen LogP contribution in [0.1, 0.15) is 22.5 Å². The minimum absolute atomic E-state index is 0.185. The first-order valence-corrected chi connectivity index (χ1v) is 10.8. The SMILES string of the molecule is O=C(O)c1[nH]c2cccc(-c3ccc(F)cc3)c2c1CCCOc1cccc2ccccc12. The number of rotatable bonds is 7. The van der Waals surface area contributed by atoms with E-state index in [0.717, 1.165) is 44.1 Å². The lowest BCUT2D eigenvalue weighted by Crippen LogP contribution is -2.04. The average molecular weight is 439 g/mol. The van der Waals surface area contributed by atoms with Gasteiger partial charge in [0.2, 0.25) is 0 Å². The Labute approximate surface area is 190 Å². The van der Waals surface area contributed by atoms with Gasteiger partial charge in [-0.15, -0.1) is 0 Å². The molecular weight excluding hydrogens is 417 g/mol. The minimum atomic E-state index is -0.999. The maximum atomic E-state index is 13.5. The number of carboxylic acids is 1. The largest absolute Gasteiger partial charge is 0.493 e. The van der Waals surface area contributed by atoms with E-state index in [2.05, 4.69) is 4.98 Å². The summed E-state index contributed by atoms with van der Waals surface area (Å²) in [4.78, 5) is 15.0. The molecule has 0 radical (unpaired) electrons. The van der Waals surface area contributed by atoms with E-state index in [9.17, 15) is 14.3 Å². The third-order valence-corrected chi connectivity index (χ3v) is 5.88. The molecule has 5 rings (SSSR count). The van der Waals surface area contributed by atoms with Crippen LogP contribution in [0.4, 0.5) is 4.39 Å². The number of carbonyl (C=O) groups is 1. The van der Waals surface area contributed by atoms with Gasteiger partial charge in [-0.2, -0.15) is 0 Å². The molecule has 0 unspecified atom stereocenters. The highest BCUT2D eigenvalue weighted by molar-refractivity contribution is 6.04. The molecule has 5 aromatic rings. The second-order valence-electron chi connectivity index (χ2n) is 7.95. The zero-order chi connectivity index (χ0) is 22.8. The molecule has 0 atom stereocenters. The highest BCUT2D eigenvalue weighted by Gasteiger charge is 2.19. The lowest BCUT2D eigenvalue weighted by molar-refractivity contribution is 0.0690. The fraction of sp³-hybridized carbons (Fsp3) is 0.107. The van der Waals surface area contributed by atoms with Crippen LogP contribution in [-0.2, 0) is 6.42 Å². The summed E-state index contributed by atoms with van der Waals surface area (Å²) in [5.41, 5.74) is 3.38. The van der Waals surface area contributed by atoms with Crippen molar-refractivity contribution < 1.29 is 19.0 Å². The smallest absolute Gasteiger partial charge is 0.352 e. The third kappa shape index (κ3) is 4.05. The summed E-state index contributed by atoms with van der Waals surface area (Å²) < 4.78 is 19.5. The molecule has 164 valence electrons. The van der Waals surface area contributed by atoms with Crippen LogP contribution in [0.2, 0.25) is 0 Å². The van der Waals surface area contributed by atoms with Gasteiger partial charge < -0.3 is 14.8 Å². The number of aromatic carboxylic acids is 1. The van der Waals surface area contributed by atoms with E-state index in [1.807, 2.05) is 60.7 Å². The Hall–Kier alpha value is -4.12. The molecule has 0 fully saturated rings. The number of ether oxygens (including phenoxy) is 1. The molecule has 4 aromatic carbocycles. The van der Waals surface area contributed by atoms with Crippen molar-refractivity contribution >= 4 is 27.6 Å². The predicted octanol–water partition coefficient (Wildman–Crippen LogP) is 6.84. The highest BCUT2D eigenvalue weighted by atomic mass is 19.1. The first-order valence-electron chi connectivity index (χ1n) is 10.8. The predicted molar refractivity (Wildman–Crippen MR) is 128 cm³/mol. The van der Waals surface area contributed by atoms with Crippen molar-refractivity contribution in [3.8, 4) is 16.9 Å². The topological polar surface area (TPSA) is 62.3 Å². The molecule has 0 spiro atoms. The molecular formula is C28H22FNO3. The van der Waals surface area contributed by atoms with Crippen LogP contribution in [0.5, 0.6) is 5.75 Å². The van der Waals surface area contributed by atoms with Gasteiger partial charge in [-0.05, 0) is 59.2 Å². The van der Waals surface area contributed by atoms with Crippen LogP contribution in [-0.4, -0.2) is 22.7 Å². The van der Waals surface area contributed by atoms with Gasteiger partial charge in [0.1, 0.15) is 17.3 Å². The van der Waals surface area contributed by atoms with Gasteiger partial charge in [0.25, 0.3) is 0 Å². The maximum absolute atomic E-state index is 13.5. The maximum Gasteiger partial charge on any atom is 0.352 e. The molecule has 0 aliphatic carbocycles. The van der Waals surface area contributed by atoms with Gasteiger partial charge in [-0.25, -0.2) is 9.18 Å². The molecule has 1 aromatic heterocycles. The summed E-state index contributed by atoms with van der Waals surface area (Å²) >= 11 is 0. The van der Waals surface area contributed by atoms with E-state index in [0.29, 0.717) is 19.4 Å². The van der Waals surface area contributed by atoms with Crippen molar-refractivity contribution in [1.29, 1.82) is 0 Å². The molecule has 33 heavy (non-hydrogen) atoms. The van der Waals surface area contributed by atoms with E-state index < -0.39 is 5.97 Å². The van der Waals surface area contributed by atoms with Crippen LogP contribution < -0.4 is 4.74 Å². The second-order valence-corrected chi connectivity index (χ2v) is 7.95. The number of hydrogen-bond acceptors (Lipinski definition) is 2. The molecule has 2 N–H and O–H groups in total. The van der Waals surface area contributed by atoms with Gasteiger partial charge in [0.05, 0.1) is 6.61 Å². The lowest BCUT2D eigenvalue weighted by Gasteiger charge is -2.10. The number of hydrogen-bond donors (Lipinski definition) is 2. The molecule has 0 saturated carbocycles. The van der Waals surface area contributed by atoms with Crippen molar-refractivity contribution in [1.82, 2.24) is 4.98 Å². The Morgan fingerprint density at radius 1 is 0.909 bits per heavy atom. The molecule has 4 nitrogen and oxygen atoms in total. The Bertz CT molecular complexity index is 1450. The molecule has 1 heterocycles. The zero-order valence-electron chi connectivity index (χ0n) is 17.8. The number of nitrogens with one attached hydrogen (secondary N) is 1. The number of benzene rings is 4. The number of carboxylic acid groups (broad SMARTS) is 1. The van der Waals surface area contributed by atoms with Crippen molar-refractivity contribution in [3.05, 3.63) is 102 Å². The molecule has 0 saturated heterocycles. The monoisotopic (exact) mass is 439 g/mol. The Morgan fingerprint density at radius 2 is 1.67 bits per heavy atom. The van der Waals surface area contributed by atoms with Crippen molar-refractivity contribution in [3.63, 3.8) is 0 Å². The lowest BCUT2D eigenvalue weighted by atomic mass is 9.96. The summed E-state index contributed by atoms with van der Waals surface area (Å²) in [6.45, 7) is 0.457. The summed E-state index contributed by atoms with van der Waals surface area (Å²) in [6.07, 6.45) is 1.18. The molecule has 0 aliphatic rings. The van der Waals surface area contributed by atoms with Crippen LogP contribution >= 0.6 is 0 Å². The van der Waals surface area contributed by atoms with Crippen molar-refractivity contribution in [2.24, 2.45) is 0 Å². The molecule has 0 aliphatic heterocycles. The number of fused-ring (bicyclic) bond motifs is 2. The van der Waals surface area contributed by atoms with Gasteiger partial charge in [0, 0.05) is 16.3 Å². The normalized spacial score (nSPS) is 11.2. The van der Waals surface area contributed by atoms with Gasteiger partial charge in [0.15, 0.2) is 0 Å². The standard InChI is InChI=1S/C28H22FNO3/c29-20-15-13-19(14-16-20)22-9-4-11-24-26(22)23(27(30-24)28(31)32)10-5-17-33-25-12-3-7-18-6-1-2-8-21(18)25/h1-4,6-9,11-16,30H,5,10,17H2,(H,31,32). The zero-order valence-corrected chi connectivity index (χ0v) is 17.8. The van der Waals surface area contributed by atoms with E-state index in [-0.39, 0.29) is 11.5 Å². The number of H-pyrrole nitrogens is 1. The van der Waals surface area contributed by atoms with Gasteiger partial charge >= 0.3 is 5.97 Å². The summed E-state index contributed by atoms with van der Waals surface area (Å²) in [5, 5.41) is 12.8. The average Bonchev–Trinajstić information content (AvgIpc) is 3.21. The van der Waals surface area contributed by atoms with Crippen molar-refractivity contribution in [2.45, 2.75) is 12.8 Å². The molecule has 0 bridgehead atoms. The highest BCUT2D eigenvalue weighted by Crippen LogP contribution is 2.34. The number of aryl methyl sites for hydroxylation is 1. The van der Waals surface area contributed by atoms with E-state index in [4.69, 9.17) is 4.74 Å². The fourth-order valence-electron chi connectivity index (χ4n) is 4.37. The number of aromatic nitrogens is 1. The van der Waals surface area contributed by atoms with E-state index >= 15 is 0 Å². The van der Waals surface area contributed by atoms with E-state index in [1.165, 1.54) is 12.1 Å². The van der Waals surface area contributed by atoms with Crippen LogP contribution in [0, 0.1) is 5.82 Å². The number of halogens is 1. The van der Waals surface area contributed by atoms with Crippen LogP contribution in [0.3, 0.4) is 0 Å². The number of aromatic amines is 1. The van der Waals surface area contributed by atoms with Gasteiger partial charge in [-0.1, -0.05) is 60.7 Å². The second kappa shape index (κ2) is 8.79. The third-order valence-electron chi connectivity index (χ3n) is 5.88. The van der Waals surface area contributed by atoms with Gasteiger partial charge in [-0.3, -0.25) is 0 Å². The Kier molecular flexibility index (Phi) is 5.53. The molecule has 0 amide bonds. The first kappa shape index (κ1) is 20.8. The Balaban J connectivity index is 1.44. The van der Waals surface area contributed by atoms with Crippen LogP contribution in [0.25, 0.3) is 32.8 Å². The summed E-state index contributed by atoms with van der Waals surface area (Å²) in [7, 11) is 0. The minimum Gasteiger partial charge on any atom is -0.493 e.